The highest BCUT2D eigenvalue weighted by Crippen LogP contribution is 2.27. The summed E-state index contributed by atoms with van der Waals surface area (Å²) in [6, 6.07) is -0.00164. The number of imidazole rings is 1. The number of aliphatic hydroxyl groups excluding tert-OH is 1. The lowest BCUT2D eigenvalue weighted by molar-refractivity contribution is 0.197. The van der Waals surface area contributed by atoms with Crippen LogP contribution in [-0.2, 0) is 12.8 Å². The van der Waals surface area contributed by atoms with Crippen LogP contribution in [0.25, 0.3) is 0 Å². The minimum Gasteiger partial charge on any atom is -0.394 e. The van der Waals surface area contributed by atoms with E-state index in [1.165, 1.54) is 24.2 Å². The van der Waals surface area contributed by atoms with Gasteiger partial charge in [-0.1, -0.05) is 13.3 Å². The maximum Gasteiger partial charge on any atom is 0.106 e. The van der Waals surface area contributed by atoms with Crippen molar-refractivity contribution in [3.8, 4) is 0 Å². The first-order chi connectivity index (χ1) is 8.69. The standard InChI is InChI=1S/C14H25N3O/c1-3-6-11(15)14(9-18)17-10(2)16-12-7-4-5-8-13(12)17/h11,14,18H,3-9,15H2,1-2H3. The molecule has 2 unspecified atom stereocenters. The van der Waals surface area contributed by atoms with Gasteiger partial charge < -0.3 is 15.4 Å². The van der Waals surface area contributed by atoms with Crippen LogP contribution in [0.3, 0.4) is 0 Å². The van der Waals surface area contributed by atoms with Crippen molar-refractivity contribution >= 4 is 0 Å². The number of hydrogen-bond donors (Lipinski definition) is 2. The Labute approximate surface area is 109 Å². The summed E-state index contributed by atoms with van der Waals surface area (Å²) < 4.78 is 2.20. The fraction of sp³-hybridized carbons (Fsp3) is 0.786. The smallest absolute Gasteiger partial charge is 0.106 e. The second kappa shape index (κ2) is 5.85. The van der Waals surface area contributed by atoms with Crippen LogP contribution in [0.1, 0.15) is 55.9 Å². The van der Waals surface area contributed by atoms with Crippen LogP contribution < -0.4 is 5.73 Å². The number of fused-ring (bicyclic) bond motifs is 1. The molecule has 0 bridgehead atoms. The Morgan fingerprint density at radius 2 is 2.11 bits per heavy atom. The first-order valence-electron chi connectivity index (χ1n) is 7.12. The van der Waals surface area contributed by atoms with E-state index >= 15 is 0 Å². The van der Waals surface area contributed by atoms with E-state index in [0.29, 0.717) is 0 Å². The van der Waals surface area contributed by atoms with Crippen molar-refractivity contribution in [2.75, 3.05) is 6.61 Å². The third-order valence-corrected chi connectivity index (χ3v) is 3.98. The zero-order valence-corrected chi connectivity index (χ0v) is 11.5. The number of aryl methyl sites for hydroxylation is 2. The molecule has 102 valence electrons. The van der Waals surface area contributed by atoms with Crippen LogP contribution in [0.4, 0.5) is 0 Å². The highest BCUT2D eigenvalue weighted by molar-refractivity contribution is 5.21. The normalized spacial score (nSPS) is 18.4. The van der Waals surface area contributed by atoms with Gasteiger partial charge >= 0.3 is 0 Å². The molecule has 0 radical (unpaired) electrons. The van der Waals surface area contributed by atoms with Crippen molar-refractivity contribution in [2.45, 2.75) is 64.5 Å². The zero-order chi connectivity index (χ0) is 13.1. The van der Waals surface area contributed by atoms with E-state index in [4.69, 9.17) is 5.73 Å². The second-order valence-electron chi connectivity index (χ2n) is 5.33. The molecule has 1 aromatic heterocycles. The van der Waals surface area contributed by atoms with E-state index in [1.807, 2.05) is 6.92 Å². The highest BCUT2D eigenvalue weighted by atomic mass is 16.3. The summed E-state index contributed by atoms with van der Waals surface area (Å²) in [4.78, 5) is 4.66. The summed E-state index contributed by atoms with van der Waals surface area (Å²) in [6.45, 7) is 4.26. The summed E-state index contributed by atoms with van der Waals surface area (Å²) in [5, 5.41) is 9.69. The van der Waals surface area contributed by atoms with Crippen LogP contribution in [0.2, 0.25) is 0 Å². The average molecular weight is 251 g/mol. The molecule has 18 heavy (non-hydrogen) atoms. The average Bonchev–Trinajstić information content (AvgIpc) is 2.68. The fourth-order valence-electron chi connectivity index (χ4n) is 3.07. The third kappa shape index (κ3) is 2.45. The van der Waals surface area contributed by atoms with Gasteiger partial charge in [0.05, 0.1) is 18.3 Å². The Morgan fingerprint density at radius 1 is 1.39 bits per heavy atom. The summed E-state index contributed by atoms with van der Waals surface area (Å²) in [5.41, 5.74) is 8.76. The molecule has 0 aromatic carbocycles. The third-order valence-electron chi connectivity index (χ3n) is 3.98. The van der Waals surface area contributed by atoms with Crippen LogP contribution in [-0.4, -0.2) is 27.3 Å². The summed E-state index contributed by atoms with van der Waals surface area (Å²) in [7, 11) is 0. The number of hydrogen-bond acceptors (Lipinski definition) is 3. The highest BCUT2D eigenvalue weighted by Gasteiger charge is 2.26. The Hall–Kier alpha value is -0.870. The molecule has 0 aliphatic heterocycles. The molecule has 1 aliphatic carbocycles. The zero-order valence-electron chi connectivity index (χ0n) is 11.5. The van der Waals surface area contributed by atoms with Crippen molar-refractivity contribution in [2.24, 2.45) is 5.73 Å². The van der Waals surface area contributed by atoms with E-state index in [1.54, 1.807) is 0 Å². The van der Waals surface area contributed by atoms with Gasteiger partial charge in [-0.05, 0) is 39.0 Å². The van der Waals surface area contributed by atoms with Crippen LogP contribution >= 0.6 is 0 Å². The predicted molar refractivity (Wildman–Crippen MR) is 72.6 cm³/mol. The fourth-order valence-corrected chi connectivity index (χ4v) is 3.07. The van der Waals surface area contributed by atoms with E-state index in [0.717, 1.165) is 31.5 Å². The molecule has 0 amide bonds. The molecule has 0 saturated carbocycles. The van der Waals surface area contributed by atoms with Gasteiger partial charge in [-0.3, -0.25) is 0 Å². The Kier molecular flexibility index (Phi) is 4.40. The number of aromatic nitrogens is 2. The predicted octanol–water partition coefficient (Wildman–Crippen LogP) is 1.73. The molecular formula is C14H25N3O. The molecule has 0 spiro atoms. The van der Waals surface area contributed by atoms with Crippen molar-refractivity contribution < 1.29 is 5.11 Å². The maximum atomic E-state index is 9.69. The van der Waals surface area contributed by atoms with E-state index < -0.39 is 0 Å². The Bertz CT molecular complexity index is 400. The largest absolute Gasteiger partial charge is 0.394 e. The summed E-state index contributed by atoms with van der Waals surface area (Å²) >= 11 is 0. The van der Waals surface area contributed by atoms with Gasteiger partial charge in [-0.2, -0.15) is 0 Å². The molecule has 3 N–H and O–H groups in total. The van der Waals surface area contributed by atoms with Crippen LogP contribution in [0.15, 0.2) is 0 Å². The molecule has 2 rings (SSSR count). The minimum absolute atomic E-state index is 0.0129. The van der Waals surface area contributed by atoms with Crippen molar-refractivity contribution in [3.05, 3.63) is 17.2 Å². The first-order valence-corrected chi connectivity index (χ1v) is 7.12. The number of aliphatic hydroxyl groups is 1. The lowest BCUT2D eigenvalue weighted by Gasteiger charge is -2.27. The quantitative estimate of drug-likeness (QED) is 0.837. The topological polar surface area (TPSA) is 64.1 Å². The van der Waals surface area contributed by atoms with E-state index in [2.05, 4.69) is 16.5 Å². The lowest BCUT2D eigenvalue weighted by Crippen LogP contribution is -2.36. The van der Waals surface area contributed by atoms with Crippen molar-refractivity contribution in [3.63, 3.8) is 0 Å². The van der Waals surface area contributed by atoms with Gasteiger partial charge in [-0.15, -0.1) is 0 Å². The molecule has 0 saturated heterocycles. The molecule has 1 aromatic rings. The van der Waals surface area contributed by atoms with Gasteiger partial charge in [0.15, 0.2) is 0 Å². The lowest BCUT2D eigenvalue weighted by atomic mass is 9.99. The monoisotopic (exact) mass is 251 g/mol. The number of rotatable bonds is 5. The van der Waals surface area contributed by atoms with Gasteiger partial charge in [-0.25, -0.2) is 4.98 Å². The summed E-state index contributed by atoms with van der Waals surface area (Å²) in [6.07, 6.45) is 6.59. The van der Waals surface area contributed by atoms with Gasteiger partial charge in [0.2, 0.25) is 0 Å². The molecule has 0 fully saturated rings. The minimum atomic E-state index is -0.0145. The Balaban J connectivity index is 2.32. The number of nitrogens with two attached hydrogens (primary N) is 1. The maximum absolute atomic E-state index is 9.69. The van der Waals surface area contributed by atoms with Gasteiger partial charge in [0, 0.05) is 11.7 Å². The number of nitrogens with zero attached hydrogens (tertiary/aromatic N) is 2. The summed E-state index contributed by atoms with van der Waals surface area (Å²) in [5.74, 6) is 1.01. The first kappa shape index (κ1) is 13.6. The molecule has 1 heterocycles. The van der Waals surface area contributed by atoms with Gasteiger partial charge in [0.1, 0.15) is 5.82 Å². The molecule has 2 atom stereocenters. The molecular weight excluding hydrogens is 226 g/mol. The van der Waals surface area contributed by atoms with Crippen molar-refractivity contribution in [1.82, 2.24) is 9.55 Å². The molecule has 1 aliphatic rings. The van der Waals surface area contributed by atoms with Crippen molar-refractivity contribution in [1.29, 1.82) is 0 Å². The van der Waals surface area contributed by atoms with E-state index in [-0.39, 0.29) is 18.7 Å². The van der Waals surface area contributed by atoms with Crippen LogP contribution in [0, 0.1) is 6.92 Å². The van der Waals surface area contributed by atoms with Crippen LogP contribution in [0.5, 0.6) is 0 Å². The molecule has 4 heteroatoms. The Morgan fingerprint density at radius 3 is 2.78 bits per heavy atom. The van der Waals surface area contributed by atoms with E-state index in [9.17, 15) is 5.11 Å². The second-order valence-corrected chi connectivity index (χ2v) is 5.33. The molecule has 4 nitrogen and oxygen atoms in total. The SMILES string of the molecule is CCCC(N)C(CO)n1c(C)nc2c1CCCC2. The van der Waals surface area contributed by atoms with Gasteiger partial charge in [0.25, 0.3) is 0 Å².